The van der Waals surface area contributed by atoms with Crippen LogP contribution in [0.25, 0.3) is 0 Å². The van der Waals surface area contributed by atoms with Gasteiger partial charge in [-0.15, -0.1) is 0 Å². The van der Waals surface area contributed by atoms with E-state index in [1.165, 1.54) is 0 Å². The third-order valence-electron chi connectivity index (χ3n) is 5.08. The number of nitrogens with one attached hydrogen (secondary N) is 1. The fourth-order valence-corrected chi connectivity index (χ4v) is 3.57. The summed E-state index contributed by atoms with van der Waals surface area (Å²) in [5.41, 5.74) is 2.01. The number of benzene rings is 2. The van der Waals surface area contributed by atoms with Crippen LogP contribution in [0.2, 0.25) is 0 Å². The van der Waals surface area contributed by atoms with Crippen molar-refractivity contribution in [3.05, 3.63) is 59.7 Å². The first-order valence-corrected chi connectivity index (χ1v) is 10.5. The van der Waals surface area contributed by atoms with Gasteiger partial charge in [0, 0.05) is 19.0 Å². The maximum atomic E-state index is 13.2. The molecule has 1 atom stereocenters. The zero-order chi connectivity index (χ0) is 21.5. The first-order valence-electron chi connectivity index (χ1n) is 10.5. The van der Waals surface area contributed by atoms with Crippen molar-refractivity contribution in [2.45, 2.75) is 58.7 Å². The summed E-state index contributed by atoms with van der Waals surface area (Å²) in [6.45, 7) is 6.42. The molecule has 0 saturated carbocycles. The van der Waals surface area contributed by atoms with Gasteiger partial charge in [-0.25, -0.2) is 0 Å². The number of aryl methyl sites for hydroxylation is 1. The maximum absolute atomic E-state index is 13.2. The molecular formula is C24H30N2O4. The predicted molar refractivity (Wildman–Crippen MR) is 115 cm³/mol. The molecule has 6 heteroatoms. The molecule has 2 amide bonds. The predicted octanol–water partition coefficient (Wildman–Crippen LogP) is 3.68. The van der Waals surface area contributed by atoms with Crippen molar-refractivity contribution in [2.24, 2.45) is 0 Å². The van der Waals surface area contributed by atoms with Crippen molar-refractivity contribution >= 4 is 11.8 Å². The molecule has 2 aromatic carbocycles. The SMILES string of the molecule is CCC(C(=O)NC(C)C)N(Cc1ccccc1)C(=O)CCc1ccc2c(c1)OCO2. The van der Waals surface area contributed by atoms with Crippen LogP contribution in [0.5, 0.6) is 11.5 Å². The summed E-state index contributed by atoms with van der Waals surface area (Å²) < 4.78 is 10.8. The summed E-state index contributed by atoms with van der Waals surface area (Å²) in [5, 5.41) is 2.95. The fourth-order valence-electron chi connectivity index (χ4n) is 3.57. The van der Waals surface area contributed by atoms with Gasteiger partial charge in [0.15, 0.2) is 11.5 Å². The molecule has 0 fully saturated rings. The lowest BCUT2D eigenvalue weighted by molar-refractivity contribution is -0.141. The third kappa shape index (κ3) is 5.53. The summed E-state index contributed by atoms with van der Waals surface area (Å²) in [6, 6.07) is 15.0. The molecule has 0 radical (unpaired) electrons. The van der Waals surface area contributed by atoms with Gasteiger partial charge < -0.3 is 19.7 Å². The molecule has 0 bridgehead atoms. The summed E-state index contributed by atoms with van der Waals surface area (Å²) in [6.07, 6.45) is 1.45. The molecule has 1 aliphatic heterocycles. The van der Waals surface area contributed by atoms with Crippen LogP contribution in [-0.2, 0) is 22.6 Å². The van der Waals surface area contributed by atoms with Gasteiger partial charge in [-0.1, -0.05) is 43.3 Å². The van der Waals surface area contributed by atoms with E-state index in [0.29, 0.717) is 31.6 Å². The highest BCUT2D eigenvalue weighted by Gasteiger charge is 2.28. The molecule has 0 spiro atoms. The summed E-state index contributed by atoms with van der Waals surface area (Å²) >= 11 is 0. The van der Waals surface area contributed by atoms with Crippen molar-refractivity contribution in [3.63, 3.8) is 0 Å². The number of hydrogen-bond donors (Lipinski definition) is 1. The molecule has 2 aromatic rings. The monoisotopic (exact) mass is 410 g/mol. The Hall–Kier alpha value is -3.02. The lowest BCUT2D eigenvalue weighted by Gasteiger charge is -2.31. The normalized spacial score (nSPS) is 13.2. The minimum atomic E-state index is -0.503. The largest absolute Gasteiger partial charge is 0.454 e. The molecule has 0 aliphatic carbocycles. The molecule has 1 aliphatic rings. The Kier molecular flexibility index (Phi) is 7.33. The number of nitrogens with zero attached hydrogens (tertiary/aromatic N) is 1. The summed E-state index contributed by atoms with van der Waals surface area (Å²) in [4.78, 5) is 27.7. The molecule has 1 N–H and O–H groups in total. The van der Waals surface area contributed by atoms with Crippen molar-refractivity contribution < 1.29 is 19.1 Å². The quantitative estimate of drug-likeness (QED) is 0.685. The van der Waals surface area contributed by atoms with E-state index in [1.54, 1.807) is 4.90 Å². The van der Waals surface area contributed by atoms with Gasteiger partial charge in [-0.2, -0.15) is 0 Å². The van der Waals surface area contributed by atoms with Crippen LogP contribution >= 0.6 is 0 Å². The third-order valence-corrected chi connectivity index (χ3v) is 5.08. The van der Waals surface area contributed by atoms with E-state index in [4.69, 9.17) is 9.47 Å². The first-order chi connectivity index (χ1) is 14.5. The van der Waals surface area contributed by atoms with E-state index in [2.05, 4.69) is 5.32 Å². The minimum Gasteiger partial charge on any atom is -0.454 e. The Morgan fingerprint density at radius 2 is 1.77 bits per heavy atom. The van der Waals surface area contributed by atoms with Gasteiger partial charge in [-0.05, 0) is 49.9 Å². The Balaban J connectivity index is 1.74. The summed E-state index contributed by atoms with van der Waals surface area (Å²) in [7, 11) is 0. The van der Waals surface area contributed by atoms with Crippen LogP contribution in [-0.4, -0.2) is 35.6 Å². The van der Waals surface area contributed by atoms with Crippen molar-refractivity contribution in [3.8, 4) is 11.5 Å². The molecule has 1 heterocycles. The molecule has 30 heavy (non-hydrogen) atoms. The van der Waals surface area contributed by atoms with E-state index in [-0.39, 0.29) is 24.6 Å². The van der Waals surface area contributed by atoms with E-state index in [0.717, 1.165) is 16.9 Å². The maximum Gasteiger partial charge on any atom is 0.243 e. The van der Waals surface area contributed by atoms with Crippen molar-refractivity contribution in [1.29, 1.82) is 0 Å². The van der Waals surface area contributed by atoms with Crippen LogP contribution in [0.1, 0.15) is 44.7 Å². The number of ether oxygens (including phenoxy) is 2. The molecule has 0 aromatic heterocycles. The van der Waals surface area contributed by atoms with Crippen LogP contribution in [0.3, 0.4) is 0 Å². The highest BCUT2D eigenvalue weighted by Crippen LogP contribution is 2.32. The Morgan fingerprint density at radius 1 is 1.03 bits per heavy atom. The number of fused-ring (bicyclic) bond motifs is 1. The van der Waals surface area contributed by atoms with Crippen LogP contribution in [0.15, 0.2) is 48.5 Å². The van der Waals surface area contributed by atoms with Crippen molar-refractivity contribution in [2.75, 3.05) is 6.79 Å². The van der Waals surface area contributed by atoms with Gasteiger partial charge in [0.2, 0.25) is 18.6 Å². The second-order valence-electron chi connectivity index (χ2n) is 7.78. The van der Waals surface area contributed by atoms with Crippen molar-refractivity contribution in [1.82, 2.24) is 10.2 Å². The van der Waals surface area contributed by atoms with E-state index < -0.39 is 6.04 Å². The van der Waals surface area contributed by atoms with Crippen LogP contribution < -0.4 is 14.8 Å². The Morgan fingerprint density at radius 3 is 2.47 bits per heavy atom. The molecule has 1 unspecified atom stereocenters. The summed E-state index contributed by atoms with van der Waals surface area (Å²) in [5.74, 6) is 1.29. The molecule has 6 nitrogen and oxygen atoms in total. The second-order valence-corrected chi connectivity index (χ2v) is 7.78. The average molecular weight is 411 g/mol. The van der Waals surface area contributed by atoms with Gasteiger partial charge in [0.25, 0.3) is 0 Å². The Labute approximate surface area is 178 Å². The number of hydrogen-bond acceptors (Lipinski definition) is 4. The molecule has 160 valence electrons. The van der Waals surface area contributed by atoms with E-state index in [1.807, 2.05) is 69.3 Å². The fraction of sp³-hybridized carbons (Fsp3) is 0.417. The Bertz CT molecular complexity index is 867. The molecule has 3 rings (SSSR count). The minimum absolute atomic E-state index is 0.0221. The molecular weight excluding hydrogens is 380 g/mol. The highest BCUT2D eigenvalue weighted by atomic mass is 16.7. The topological polar surface area (TPSA) is 67.9 Å². The number of carbonyl (C=O) groups excluding carboxylic acids is 2. The number of carbonyl (C=O) groups is 2. The lowest BCUT2D eigenvalue weighted by atomic mass is 10.1. The van der Waals surface area contributed by atoms with Crippen LogP contribution in [0.4, 0.5) is 0 Å². The van der Waals surface area contributed by atoms with Gasteiger partial charge in [0.1, 0.15) is 6.04 Å². The smallest absolute Gasteiger partial charge is 0.243 e. The van der Waals surface area contributed by atoms with Crippen LogP contribution in [0, 0.1) is 0 Å². The first kappa shape index (κ1) is 21.7. The highest BCUT2D eigenvalue weighted by molar-refractivity contribution is 5.87. The standard InChI is InChI=1S/C24H30N2O4/c1-4-20(24(28)25-17(2)3)26(15-19-8-6-5-7-9-19)23(27)13-11-18-10-12-21-22(14-18)30-16-29-21/h5-10,12,14,17,20H,4,11,13,15-16H2,1-3H3,(H,25,28). The lowest BCUT2D eigenvalue weighted by Crippen LogP contribution is -2.50. The zero-order valence-corrected chi connectivity index (χ0v) is 17.9. The number of rotatable bonds is 9. The number of amides is 2. The van der Waals surface area contributed by atoms with Gasteiger partial charge >= 0.3 is 0 Å². The van der Waals surface area contributed by atoms with Gasteiger partial charge in [-0.3, -0.25) is 9.59 Å². The second kappa shape index (κ2) is 10.1. The van der Waals surface area contributed by atoms with E-state index >= 15 is 0 Å². The average Bonchev–Trinajstić information content (AvgIpc) is 3.20. The van der Waals surface area contributed by atoms with Gasteiger partial charge in [0.05, 0.1) is 0 Å². The molecule has 0 saturated heterocycles. The zero-order valence-electron chi connectivity index (χ0n) is 17.9. The van der Waals surface area contributed by atoms with E-state index in [9.17, 15) is 9.59 Å².